The van der Waals surface area contributed by atoms with E-state index >= 15 is 0 Å². The molecule has 1 atom stereocenters. The number of nitrogens with zero attached hydrogens (tertiary/aromatic N) is 2. The Labute approximate surface area is 90.7 Å². The minimum absolute atomic E-state index is 0. The van der Waals surface area contributed by atoms with Gasteiger partial charge in [-0.25, -0.2) is 4.98 Å². The van der Waals surface area contributed by atoms with Gasteiger partial charge in [0.25, 0.3) is 0 Å². The highest BCUT2D eigenvalue weighted by Crippen LogP contribution is 2.17. The van der Waals surface area contributed by atoms with E-state index in [1.165, 1.54) is 12.8 Å². The van der Waals surface area contributed by atoms with Gasteiger partial charge in [0.05, 0.1) is 6.33 Å². The summed E-state index contributed by atoms with van der Waals surface area (Å²) in [6.07, 6.45) is 9.10. The van der Waals surface area contributed by atoms with Crippen LogP contribution in [0.2, 0.25) is 0 Å². The van der Waals surface area contributed by atoms with Crippen molar-refractivity contribution in [3.8, 4) is 0 Å². The van der Waals surface area contributed by atoms with Gasteiger partial charge in [-0.15, -0.1) is 24.0 Å². The lowest BCUT2D eigenvalue weighted by molar-refractivity contribution is 0.449. The summed E-state index contributed by atoms with van der Waals surface area (Å²) in [4.78, 5) is 4.03. The van der Waals surface area contributed by atoms with Gasteiger partial charge >= 0.3 is 0 Å². The van der Waals surface area contributed by atoms with Crippen molar-refractivity contribution in [1.82, 2.24) is 9.55 Å². The molecule has 76 valence electrons. The highest BCUT2D eigenvalue weighted by Gasteiger charge is 2.07. The zero-order valence-corrected chi connectivity index (χ0v) is 9.39. The fraction of sp³-hybridized carbons (Fsp3) is 0.667. The number of halogens is 2. The minimum atomic E-state index is 0. The fourth-order valence-corrected chi connectivity index (χ4v) is 1.64. The van der Waals surface area contributed by atoms with E-state index in [4.69, 9.17) is 11.6 Å². The van der Waals surface area contributed by atoms with Crippen molar-refractivity contribution in [3.05, 3.63) is 18.7 Å². The van der Waals surface area contributed by atoms with Crippen LogP contribution in [0.1, 0.15) is 32.2 Å². The van der Waals surface area contributed by atoms with Gasteiger partial charge < -0.3 is 4.57 Å². The van der Waals surface area contributed by atoms with E-state index in [9.17, 15) is 0 Å². The van der Waals surface area contributed by atoms with Crippen molar-refractivity contribution in [2.45, 2.75) is 32.2 Å². The maximum absolute atomic E-state index is 5.72. The summed E-state index contributed by atoms with van der Waals surface area (Å²) in [5.74, 6) is 0.725. The second kappa shape index (κ2) is 7.22. The maximum atomic E-state index is 5.72. The predicted octanol–water partition coefficient (Wildman–Crippen LogP) is 3.28. The molecule has 0 aliphatic heterocycles. The van der Waals surface area contributed by atoms with E-state index in [1.54, 1.807) is 0 Å². The molecule has 0 fully saturated rings. The molecule has 0 aromatic carbocycles. The molecule has 0 aliphatic carbocycles. The van der Waals surface area contributed by atoms with E-state index in [-0.39, 0.29) is 12.4 Å². The monoisotopic (exact) mass is 222 g/mol. The number of hydrogen-bond acceptors (Lipinski definition) is 1. The molecule has 1 heterocycles. The summed E-state index contributed by atoms with van der Waals surface area (Å²) in [5, 5.41) is 0. The summed E-state index contributed by atoms with van der Waals surface area (Å²) in [6, 6.07) is 0.537. The van der Waals surface area contributed by atoms with Crippen LogP contribution < -0.4 is 0 Å². The summed E-state index contributed by atoms with van der Waals surface area (Å²) in [5.41, 5.74) is 0. The van der Waals surface area contributed by atoms with Crippen LogP contribution in [0.3, 0.4) is 0 Å². The maximum Gasteiger partial charge on any atom is 0.0948 e. The molecule has 1 rings (SSSR count). The molecule has 1 aromatic rings. The Kier molecular flexibility index (Phi) is 7.10. The quantitative estimate of drug-likeness (QED) is 0.700. The van der Waals surface area contributed by atoms with Crippen molar-refractivity contribution in [2.75, 3.05) is 5.88 Å². The smallest absolute Gasteiger partial charge is 0.0948 e. The second-order valence-electron chi connectivity index (χ2n) is 2.93. The Morgan fingerprint density at radius 3 is 2.69 bits per heavy atom. The Hall–Kier alpha value is -0.210. The summed E-state index contributed by atoms with van der Waals surface area (Å²) >= 11 is 5.72. The average molecular weight is 223 g/mol. The predicted molar refractivity (Wildman–Crippen MR) is 58.8 cm³/mol. The van der Waals surface area contributed by atoms with Gasteiger partial charge in [0.15, 0.2) is 0 Å². The Bertz CT molecular complexity index is 193. The van der Waals surface area contributed by atoms with E-state index in [0.717, 1.165) is 12.3 Å². The van der Waals surface area contributed by atoms with E-state index in [1.807, 2.05) is 18.7 Å². The molecule has 0 saturated carbocycles. The first-order chi connectivity index (χ1) is 5.88. The molecule has 0 radical (unpaired) electrons. The summed E-state index contributed by atoms with van der Waals surface area (Å²) in [6.45, 7) is 2.19. The third-order valence-electron chi connectivity index (χ3n) is 2.01. The van der Waals surface area contributed by atoms with Gasteiger partial charge in [0.1, 0.15) is 0 Å². The van der Waals surface area contributed by atoms with Crippen LogP contribution in [-0.4, -0.2) is 15.4 Å². The van der Waals surface area contributed by atoms with Gasteiger partial charge in [-0.2, -0.15) is 0 Å². The first-order valence-electron chi connectivity index (χ1n) is 4.42. The Morgan fingerprint density at radius 1 is 1.46 bits per heavy atom. The lowest BCUT2D eigenvalue weighted by atomic mass is 10.1. The summed E-state index contributed by atoms with van der Waals surface area (Å²) < 4.78 is 2.14. The average Bonchev–Trinajstić information content (AvgIpc) is 2.56. The molecule has 0 amide bonds. The molecule has 0 N–H and O–H groups in total. The standard InChI is InChI=1S/C9H15ClN2.ClH/c1-2-3-9(4-5-10)12-7-6-11-8-12;/h6-9H,2-5H2,1H3;1H. The van der Waals surface area contributed by atoms with Crippen molar-refractivity contribution in [3.63, 3.8) is 0 Å². The molecule has 0 spiro atoms. The molecule has 0 aliphatic rings. The minimum Gasteiger partial charge on any atom is -0.334 e. The largest absolute Gasteiger partial charge is 0.334 e. The lowest BCUT2D eigenvalue weighted by Gasteiger charge is -2.15. The third-order valence-corrected chi connectivity index (χ3v) is 2.23. The zero-order valence-electron chi connectivity index (χ0n) is 7.82. The third kappa shape index (κ3) is 4.01. The summed E-state index contributed by atoms with van der Waals surface area (Å²) in [7, 11) is 0. The Balaban J connectivity index is 0.00000144. The number of imidazole rings is 1. The number of rotatable bonds is 5. The first kappa shape index (κ1) is 12.8. The molecule has 1 aromatic heterocycles. The van der Waals surface area contributed by atoms with Crippen LogP contribution in [0.5, 0.6) is 0 Å². The number of aromatic nitrogens is 2. The van der Waals surface area contributed by atoms with Crippen molar-refractivity contribution >= 4 is 24.0 Å². The van der Waals surface area contributed by atoms with Gasteiger partial charge in [-0.3, -0.25) is 0 Å². The fourth-order valence-electron chi connectivity index (χ4n) is 1.39. The SMILES string of the molecule is CCCC(CCCl)n1ccnc1.Cl. The van der Waals surface area contributed by atoms with Crippen LogP contribution in [0.25, 0.3) is 0 Å². The van der Waals surface area contributed by atoms with Crippen molar-refractivity contribution < 1.29 is 0 Å². The van der Waals surface area contributed by atoms with Gasteiger partial charge in [0, 0.05) is 24.3 Å². The number of alkyl halides is 1. The highest BCUT2D eigenvalue weighted by atomic mass is 35.5. The van der Waals surface area contributed by atoms with Crippen LogP contribution in [0, 0.1) is 0 Å². The van der Waals surface area contributed by atoms with Crippen LogP contribution >= 0.6 is 24.0 Å². The second-order valence-corrected chi connectivity index (χ2v) is 3.31. The molecule has 0 bridgehead atoms. The van der Waals surface area contributed by atoms with Crippen molar-refractivity contribution in [2.24, 2.45) is 0 Å². The van der Waals surface area contributed by atoms with Crippen LogP contribution in [-0.2, 0) is 0 Å². The van der Waals surface area contributed by atoms with Crippen molar-refractivity contribution in [1.29, 1.82) is 0 Å². The van der Waals surface area contributed by atoms with Gasteiger partial charge in [0.2, 0.25) is 0 Å². The lowest BCUT2D eigenvalue weighted by Crippen LogP contribution is -2.07. The van der Waals surface area contributed by atoms with Gasteiger partial charge in [-0.1, -0.05) is 13.3 Å². The van der Waals surface area contributed by atoms with E-state index < -0.39 is 0 Å². The van der Waals surface area contributed by atoms with Crippen LogP contribution in [0.4, 0.5) is 0 Å². The molecule has 4 heteroatoms. The molecule has 2 nitrogen and oxygen atoms in total. The number of hydrogen-bond donors (Lipinski definition) is 0. The van der Waals surface area contributed by atoms with E-state index in [0.29, 0.717) is 6.04 Å². The molecule has 1 unspecified atom stereocenters. The van der Waals surface area contributed by atoms with E-state index in [2.05, 4.69) is 16.5 Å². The molecule has 0 saturated heterocycles. The van der Waals surface area contributed by atoms with Gasteiger partial charge in [-0.05, 0) is 12.8 Å². The first-order valence-corrected chi connectivity index (χ1v) is 4.95. The zero-order chi connectivity index (χ0) is 8.81. The molecular formula is C9H16Cl2N2. The topological polar surface area (TPSA) is 17.8 Å². The van der Waals surface area contributed by atoms with Crippen LogP contribution in [0.15, 0.2) is 18.7 Å². The molecule has 13 heavy (non-hydrogen) atoms. The normalized spacial score (nSPS) is 12.2. The Morgan fingerprint density at radius 2 is 2.23 bits per heavy atom. The molecular weight excluding hydrogens is 207 g/mol. The highest BCUT2D eigenvalue weighted by molar-refractivity contribution is 6.17.